The molecule has 4 heterocycles. The molecule has 0 radical (unpaired) electrons. The fourth-order valence-electron chi connectivity index (χ4n) is 2.44. The van der Waals surface area contributed by atoms with E-state index in [1.54, 1.807) is 37.4 Å². The quantitative estimate of drug-likeness (QED) is 0.423. The normalized spacial score (nSPS) is 11.2. The molecule has 0 amide bonds. The van der Waals surface area contributed by atoms with Gasteiger partial charge in [-0.2, -0.15) is 5.10 Å². The van der Waals surface area contributed by atoms with Crippen molar-refractivity contribution < 1.29 is 4.42 Å². The Hall–Kier alpha value is -2.29. The van der Waals surface area contributed by atoms with Crippen LogP contribution in [0, 0.1) is 6.92 Å². The summed E-state index contributed by atoms with van der Waals surface area (Å²) in [7, 11) is 0. The van der Waals surface area contributed by atoms with E-state index in [0.29, 0.717) is 32.2 Å². The molecule has 0 atom stereocenters. The van der Waals surface area contributed by atoms with Crippen LogP contribution in [0.4, 0.5) is 0 Å². The maximum absolute atomic E-state index is 12.4. The minimum Gasteiger partial charge on any atom is -0.400 e. The van der Waals surface area contributed by atoms with Crippen LogP contribution in [0.25, 0.3) is 28.4 Å². The summed E-state index contributed by atoms with van der Waals surface area (Å²) in [5, 5.41) is 4.94. The van der Waals surface area contributed by atoms with Crippen LogP contribution in [0.15, 0.2) is 44.1 Å². The van der Waals surface area contributed by atoms with Crippen LogP contribution in [-0.2, 0) is 0 Å². The van der Waals surface area contributed by atoms with E-state index in [2.05, 4.69) is 36.0 Å². The highest BCUT2D eigenvalue weighted by atomic mass is 79.9. The lowest BCUT2D eigenvalue weighted by Crippen LogP contribution is -2.08. The van der Waals surface area contributed by atoms with Crippen molar-refractivity contribution in [3.8, 4) is 17.4 Å². The molecule has 0 aliphatic heterocycles. The molecule has 4 rings (SSSR count). The maximum Gasteiger partial charge on any atom is 0.366 e. The predicted molar refractivity (Wildman–Crippen MR) is 101 cm³/mol. The van der Waals surface area contributed by atoms with Crippen molar-refractivity contribution in [3.05, 3.63) is 61.2 Å². The molecule has 26 heavy (non-hydrogen) atoms. The van der Waals surface area contributed by atoms with Crippen molar-refractivity contribution in [2.45, 2.75) is 6.92 Å². The van der Waals surface area contributed by atoms with Crippen LogP contribution in [-0.4, -0.2) is 24.7 Å². The van der Waals surface area contributed by atoms with Gasteiger partial charge in [-0.3, -0.25) is 0 Å². The largest absolute Gasteiger partial charge is 0.400 e. The molecule has 10 heteroatoms. The Kier molecular flexibility index (Phi) is 4.26. The van der Waals surface area contributed by atoms with Gasteiger partial charge in [0.2, 0.25) is 5.89 Å². The van der Waals surface area contributed by atoms with E-state index >= 15 is 0 Å². The van der Waals surface area contributed by atoms with Crippen molar-refractivity contribution in [1.29, 1.82) is 0 Å². The summed E-state index contributed by atoms with van der Waals surface area (Å²) >= 11 is 15.5. The number of hydrogen-bond acceptors (Lipinski definition) is 6. The predicted octanol–water partition coefficient (Wildman–Crippen LogP) is 4.21. The van der Waals surface area contributed by atoms with Gasteiger partial charge in [0.25, 0.3) is 0 Å². The van der Waals surface area contributed by atoms with Crippen LogP contribution in [0.5, 0.6) is 0 Å². The van der Waals surface area contributed by atoms with Crippen molar-refractivity contribution >= 4 is 50.2 Å². The molecule has 4 aromatic heterocycles. The van der Waals surface area contributed by atoms with E-state index in [9.17, 15) is 4.79 Å². The number of hydrogen-bond donors (Lipinski definition) is 0. The summed E-state index contributed by atoms with van der Waals surface area (Å²) in [6, 6.07) is 6.68. The fraction of sp³-hybridized carbons (Fsp3) is 0.0625. The van der Waals surface area contributed by atoms with Gasteiger partial charge < -0.3 is 4.42 Å². The van der Waals surface area contributed by atoms with Crippen molar-refractivity contribution in [3.63, 3.8) is 0 Å². The Morgan fingerprint density at radius 3 is 2.77 bits per heavy atom. The van der Waals surface area contributed by atoms with Crippen LogP contribution in [0.3, 0.4) is 0 Å². The SMILES string of the molecule is Cc1cc(-c2nc3c(Br)cc(Cl)nc3c(=O)o2)n(-c2ncccc2Cl)n1. The van der Waals surface area contributed by atoms with Gasteiger partial charge in [0, 0.05) is 10.7 Å². The first-order chi connectivity index (χ1) is 12.4. The highest BCUT2D eigenvalue weighted by Crippen LogP contribution is 2.28. The molecule has 4 aromatic rings. The minimum absolute atomic E-state index is 0.0341. The third kappa shape index (κ3) is 2.90. The summed E-state index contributed by atoms with van der Waals surface area (Å²) in [4.78, 5) is 25.0. The third-order valence-electron chi connectivity index (χ3n) is 3.50. The lowest BCUT2D eigenvalue weighted by molar-refractivity contribution is 0.511. The number of aromatic nitrogens is 5. The Balaban J connectivity index is 2.01. The van der Waals surface area contributed by atoms with Gasteiger partial charge in [-0.1, -0.05) is 23.2 Å². The smallest absolute Gasteiger partial charge is 0.366 e. The summed E-state index contributed by atoms with van der Waals surface area (Å²) in [6.45, 7) is 1.80. The first kappa shape index (κ1) is 17.1. The van der Waals surface area contributed by atoms with E-state index in [0.717, 1.165) is 0 Å². The van der Waals surface area contributed by atoms with E-state index < -0.39 is 5.63 Å². The van der Waals surface area contributed by atoms with Crippen LogP contribution in [0.2, 0.25) is 10.2 Å². The van der Waals surface area contributed by atoms with Gasteiger partial charge >= 0.3 is 5.63 Å². The first-order valence-electron chi connectivity index (χ1n) is 7.29. The van der Waals surface area contributed by atoms with Crippen molar-refractivity contribution in [2.75, 3.05) is 0 Å². The Morgan fingerprint density at radius 2 is 2.00 bits per heavy atom. The average Bonchev–Trinajstić information content (AvgIpc) is 2.97. The second kappa shape index (κ2) is 6.46. The summed E-state index contributed by atoms with van der Waals surface area (Å²) in [5.41, 5.74) is 0.819. The minimum atomic E-state index is -0.661. The van der Waals surface area contributed by atoms with Crippen molar-refractivity contribution in [1.82, 2.24) is 24.7 Å². The Morgan fingerprint density at radius 1 is 1.19 bits per heavy atom. The standard InChI is InChI=1S/C16H8BrCl2N5O2/c1-7-5-10(24(23-7)14-9(18)3-2-4-20-14)15-22-12-8(17)6-11(19)21-13(12)16(25)26-15/h2-6H,1H3. The summed E-state index contributed by atoms with van der Waals surface area (Å²) < 4.78 is 7.37. The lowest BCUT2D eigenvalue weighted by atomic mass is 10.3. The summed E-state index contributed by atoms with van der Waals surface area (Å²) in [5.74, 6) is 0.463. The molecule has 0 aromatic carbocycles. The number of fused-ring (bicyclic) bond motifs is 1. The molecule has 0 N–H and O–H groups in total. The molecule has 0 saturated heterocycles. The highest BCUT2D eigenvalue weighted by molar-refractivity contribution is 9.10. The molecule has 0 unspecified atom stereocenters. The number of nitrogens with zero attached hydrogens (tertiary/aromatic N) is 5. The number of halogens is 3. The summed E-state index contributed by atoms with van der Waals surface area (Å²) in [6.07, 6.45) is 1.59. The average molecular weight is 453 g/mol. The Bertz CT molecular complexity index is 1220. The molecule has 0 spiro atoms. The van der Waals surface area contributed by atoms with Crippen LogP contribution >= 0.6 is 39.1 Å². The fourth-order valence-corrected chi connectivity index (χ4v) is 3.46. The molecule has 130 valence electrons. The second-order valence-corrected chi connectivity index (χ2v) is 6.97. The monoisotopic (exact) mass is 451 g/mol. The zero-order chi connectivity index (χ0) is 18.4. The molecule has 0 fully saturated rings. The second-order valence-electron chi connectivity index (χ2n) is 5.32. The van der Waals surface area contributed by atoms with Crippen molar-refractivity contribution in [2.24, 2.45) is 0 Å². The van der Waals surface area contributed by atoms with Gasteiger partial charge in [0.05, 0.1) is 10.7 Å². The van der Waals surface area contributed by atoms with Gasteiger partial charge in [-0.05, 0) is 47.1 Å². The Labute approximate surface area is 164 Å². The highest BCUT2D eigenvalue weighted by Gasteiger charge is 2.19. The van der Waals surface area contributed by atoms with E-state index in [-0.39, 0.29) is 16.6 Å². The number of aryl methyl sites for hydroxylation is 1. The molecule has 7 nitrogen and oxygen atoms in total. The zero-order valence-electron chi connectivity index (χ0n) is 13.1. The molecular weight excluding hydrogens is 445 g/mol. The van der Waals surface area contributed by atoms with Gasteiger partial charge in [-0.15, -0.1) is 0 Å². The van der Waals surface area contributed by atoms with Gasteiger partial charge in [0.15, 0.2) is 11.3 Å². The zero-order valence-corrected chi connectivity index (χ0v) is 16.2. The third-order valence-corrected chi connectivity index (χ3v) is 4.59. The molecule has 0 aliphatic rings. The molecule has 0 aliphatic carbocycles. The first-order valence-corrected chi connectivity index (χ1v) is 8.84. The van der Waals surface area contributed by atoms with Crippen LogP contribution < -0.4 is 5.63 Å². The number of pyridine rings is 2. The van der Waals surface area contributed by atoms with E-state index in [4.69, 9.17) is 27.6 Å². The van der Waals surface area contributed by atoms with E-state index in [1.165, 1.54) is 4.68 Å². The van der Waals surface area contributed by atoms with E-state index in [1.807, 2.05) is 0 Å². The topological polar surface area (TPSA) is 86.7 Å². The number of rotatable bonds is 2. The molecular formula is C16H8BrCl2N5O2. The van der Waals surface area contributed by atoms with Crippen LogP contribution in [0.1, 0.15) is 5.69 Å². The van der Waals surface area contributed by atoms with Gasteiger partial charge in [-0.25, -0.2) is 24.4 Å². The lowest BCUT2D eigenvalue weighted by Gasteiger charge is -2.07. The maximum atomic E-state index is 12.4. The molecule has 0 bridgehead atoms. The van der Waals surface area contributed by atoms with Gasteiger partial charge in [0.1, 0.15) is 16.4 Å². The molecule has 0 saturated carbocycles.